The molecule has 1 saturated carbocycles. The molecule has 1 aliphatic carbocycles. The summed E-state index contributed by atoms with van der Waals surface area (Å²) in [4.78, 5) is 12.0. The molecule has 14 heavy (non-hydrogen) atoms. The maximum absolute atomic E-state index is 10.7. The van der Waals surface area contributed by atoms with Crippen molar-refractivity contribution in [2.24, 2.45) is 11.1 Å². The summed E-state index contributed by atoms with van der Waals surface area (Å²) >= 11 is 1.79. The monoisotopic (exact) mass is 209 g/mol. The topological polar surface area (TPSA) is 29.4 Å². The molecule has 1 aliphatic rings. The summed E-state index contributed by atoms with van der Waals surface area (Å²) in [6, 6.07) is 4.30. The number of thiophene rings is 1. The third-order valence-corrected chi connectivity index (χ3v) is 3.95. The largest absolute Gasteiger partial charge is 0.151 e. The van der Waals surface area contributed by atoms with Crippen LogP contribution in [0.2, 0.25) is 0 Å². The second-order valence-corrected chi connectivity index (χ2v) is 5.03. The van der Waals surface area contributed by atoms with Crippen molar-refractivity contribution in [3.63, 3.8) is 0 Å². The number of rotatable bonds is 3. The van der Waals surface area contributed by atoms with Crippen LogP contribution in [0.15, 0.2) is 22.7 Å². The maximum Gasteiger partial charge on any atom is 0.0951 e. The molecule has 1 aromatic rings. The van der Waals surface area contributed by atoms with E-state index in [4.69, 9.17) is 0 Å². The number of nitrogens with zero attached hydrogens (tertiary/aromatic N) is 1. The average Bonchev–Trinajstić information content (AvgIpc) is 2.71. The molecule has 0 bridgehead atoms. The fraction of sp³-hybridized carbons (Fsp3) is 0.636. The standard InChI is InChI=1S/C11H15NOS/c13-12-11-6-2-1-4-9(11)8-10-5-3-7-14-10/h3,5,7,9,11H,1-2,4,6,8H2. The Labute approximate surface area is 88.3 Å². The lowest BCUT2D eigenvalue weighted by molar-refractivity contribution is 0.308. The lowest BCUT2D eigenvalue weighted by Gasteiger charge is -2.25. The van der Waals surface area contributed by atoms with Crippen molar-refractivity contribution in [2.45, 2.75) is 38.1 Å². The van der Waals surface area contributed by atoms with Gasteiger partial charge in [0.15, 0.2) is 0 Å². The molecule has 2 rings (SSSR count). The molecule has 0 spiro atoms. The van der Waals surface area contributed by atoms with Crippen LogP contribution in [0.1, 0.15) is 30.6 Å². The number of nitroso groups, excluding NO2 is 1. The highest BCUT2D eigenvalue weighted by molar-refractivity contribution is 7.09. The van der Waals surface area contributed by atoms with Crippen molar-refractivity contribution in [3.8, 4) is 0 Å². The van der Waals surface area contributed by atoms with Crippen LogP contribution >= 0.6 is 11.3 Å². The van der Waals surface area contributed by atoms with E-state index in [1.807, 2.05) is 0 Å². The van der Waals surface area contributed by atoms with Gasteiger partial charge in [0, 0.05) is 4.88 Å². The molecule has 76 valence electrons. The highest BCUT2D eigenvalue weighted by Gasteiger charge is 2.26. The van der Waals surface area contributed by atoms with Gasteiger partial charge in [-0.3, -0.25) is 0 Å². The van der Waals surface area contributed by atoms with Crippen molar-refractivity contribution >= 4 is 11.3 Å². The van der Waals surface area contributed by atoms with Gasteiger partial charge < -0.3 is 0 Å². The number of hydrogen-bond donors (Lipinski definition) is 0. The predicted molar refractivity (Wildman–Crippen MR) is 59.6 cm³/mol. The molecule has 1 heterocycles. The van der Waals surface area contributed by atoms with Gasteiger partial charge in [-0.25, -0.2) is 0 Å². The van der Waals surface area contributed by atoms with Crippen molar-refractivity contribution in [1.82, 2.24) is 0 Å². The highest BCUT2D eigenvalue weighted by atomic mass is 32.1. The van der Waals surface area contributed by atoms with E-state index in [0.717, 1.165) is 12.8 Å². The zero-order valence-corrected chi connectivity index (χ0v) is 9.00. The van der Waals surface area contributed by atoms with E-state index in [1.54, 1.807) is 11.3 Å². The molecular weight excluding hydrogens is 194 g/mol. The van der Waals surface area contributed by atoms with E-state index in [0.29, 0.717) is 5.92 Å². The molecule has 3 heteroatoms. The Bertz CT molecular complexity index is 283. The molecule has 1 fully saturated rings. The third-order valence-electron chi connectivity index (χ3n) is 3.05. The van der Waals surface area contributed by atoms with Gasteiger partial charge in [-0.1, -0.05) is 24.1 Å². The minimum atomic E-state index is 0.0749. The normalized spacial score (nSPS) is 27.4. The molecule has 2 atom stereocenters. The smallest absolute Gasteiger partial charge is 0.0951 e. The Morgan fingerprint density at radius 1 is 1.43 bits per heavy atom. The lowest BCUT2D eigenvalue weighted by Crippen LogP contribution is -2.24. The van der Waals surface area contributed by atoms with Crippen LogP contribution in [0.3, 0.4) is 0 Å². The first-order valence-electron chi connectivity index (χ1n) is 5.25. The molecule has 0 aliphatic heterocycles. The van der Waals surface area contributed by atoms with Crippen molar-refractivity contribution < 1.29 is 0 Å². The summed E-state index contributed by atoms with van der Waals surface area (Å²) in [5, 5.41) is 5.36. The molecular formula is C11H15NOS. The second kappa shape index (κ2) is 4.69. The van der Waals surface area contributed by atoms with Gasteiger partial charge in [0.05, 0.1) is 6.04 Å². The van der Waals surface area contributed by atoms with Gasteiger partial charge in [-0.15, -0.1) is 11.3 Å². The van der Waals surface area contributed by atoms with Gasteiger partial charge in [-0.2, -0.15) is 4.91 Å². The molecule has 1 aromatic heterocycles. The second-order valence-electron chi connectivity index (χ2n) is 4.00. The molecule has 0 radical (unpaired) electrons. The van der Waals surface area contributed by atoms with Crippen LogP contribution in [0.25, 0.3) is 0 Å². The Hall–Kier alpha value is -0.700. The molecule has 0 N–H and O–H groups in total. The van der Waals surface area contributed by atoms with Crippen molar-refractivity contribution in [1.29, 1.82) is 0 Å². The summed E-state index contributed by atoms with van der Waals surface area (Å²) in [5.74, 6) is 0.500. The number of hydrogen-bond acceptors (Lipinski definition) is 3. The SMILES string of the molecule is O=NC1CCCCC1Cc1cccs1. The average molecular weight is 209 g/mol. The quantitative estimate of drug-likeness (QED) is 0.699. The molecule has 2 nitrogen and oxygen atoms in total. The van der Waals surface area contributed by atoms with E-state index < -0.39 is 0 Å². The summed E-state index contributed by atoms with van der Waals surface area (Å²) < 4.78 is 0. The first-order valence-corrected chi connectivity index (χ1v) is 6.13. The Kier molecular flexibility index (Phi) is 3.30. The third kappa shape index (κ3) is 2.21. The van der Waals surface area contributed by atoms with Crippen LogP contribution in [0, 0.1) is 10.8 Å². The molecule has 2 unspecified atom stereocenters. The van der Waals surface area contributed by atoms with Gasteiger partial charge in [0.2, 0.25) is 0 Å². The summed E-state index contributed by atoms with van der Waals surface area (Å²) in [6.07, 6.45) is 5.67. The van der Waals surface area contributed by atoms with Crippen LogP contribution < -0.4 is 0 Å². The van der Waals surface area contributed by atoms with E-state index in [9.17, 15) is 4.91 Å². The van der Waals surface area contributed by atoms with Crippen LogP contribution in [0.5, 0.6) is 0 Å². The fourth-order valence-corrected chi connectivity index (χ4v) is 3.05. The zero-order chi connectivity index (χ0) is 9.80. The first-order chi connectivity index (χ1) is 6.90. The Morgan fingerprint density at radius 3 is 3.00 bits per heavy atom. The van der Waals surface area contributed by atoms with E-state index in [1.165, 1.54) is 24.1 Å². The maximum atomic E-state index is 10.7. The van der Waals surface area contributed by atoms with E-state index in [2.05, 4.69) is 22.7 Å². The minimum Gasteiger partial charge on any atom is -0.151 e. The minimum absolute atomic E-state index is 0.0749. The van der Waals surface area contributed by atoms with Gasteiger partial charge in [0.1, 0.15) is 0 Å². The van der Waals surface area contributed by atoms with E-state index in [-0.39, 0.29) is 6.04 Å². The molecule has 0 saturated heterocycles. The molecule has 0 aromatic carbocycles. The van der Waals surface area contributed by atoms with Gasteiger partial charge >= 0.3 is 0 Å². The van der Waals surface area contributed by atoms with E-state index >= 15 is 0 Å². The van der Waals surface area contributed by atoms with Gasteiger partial charge in [0.25, 0.3) is 0 Å². The van der Waals surface area contributed by atoms with Crippen molar-refractivity contribution in [3.05, 3.63) is 27.3 Å². The Balaban J connectivity index is 1.98. The van der Waals surface area contributed by atoms with Gasteiger partial charge in [-0.05, 0) is 36.6 Å². The fourth-order valence-electron chi connectivity index (χ4n) is 2.25. The van der Waals surface area contributed by atoms with Crippen LogP contribution in [-0.2, 0) is 6.42 Å². The summed E-state index contributed by atoms with van der Waals surface area (Å²) in [6.45, 7) is 0. The summed E-state index contributed by atoms with van der Waals surface area (Å²) in [5.41, 5.74) is 0. The lowest BCUT2D eigenvalue weighted by atomic mass is 9.82. The highest BCUT2D eigenvalue weighted by Crippen LogP contribution is 2.30. The van der Waals surface area contributed by atoms with Crippen LogP contribution in [0.4, 0.5) is 0 Å². The first kappa shape index (κ1) is 9.84. The molecule has 0 amide bonds. The Morgan fingerprint density at radius 2 is 2.29 bits per heavy atom. The summed E-state index contributed by atoms with van der Waals surface area (Å²) in [7, 11) is 0. The predicted octanol–water partition coefficient (Wildman–Crippen LogP) is 3.62. The van der Waals surface area contributed by atoms with Crippen molar-refractivity contribution in [2.75, 3.05) is 0 Å². The zero-order valence-electron chi connectivity index (χ0n) is 8.19. The van der Waals surface area contributed by atoms with Crippen LogP contribution in [-0.4, -0.2) is 6.04 Å².